The third-order valence-corrected chi connectivity index (χ3v) is 5.54. The Morgan fingerprint density at radius 3 is 2.59 bits per heavy atom. The molecule has 1 saturated heterocycles. The molecule has 1 aliphatic heterocycles. The Kier molecular flexibility index (Phi) is 9.65. The molecule has 0 saturated carbocycles. The van der Waals surface area contributed by atoms with E-state index in [2.05, 4.69) is 20.0 Å². The minimum Gasteiger partial charge on any atom is -0.314 e. The van der Waals surface area contributed by atoms with Crippen LogP contribution in [0.3, 0.4) is 0 Å². The van der Waals surface area contributed by atoms with Gasteiger partial charge < -0.3 is 10.2 Å². The second-order valence-corrected chi connectivity index (χ2v) is 7.68. The van der Waals surface area contributed by atoms with Crippen LogP contribution in [0.1, 0.15) is 6.42 Å². The Hall–Kier alpha value is -1.23. The number of piperazine rings is 1. The molecule has 3 rings (SSSR count). The summed E-state index contributed by atoms with van der Waals surface area (Å²) in [6.07, 6.45) is 3.28. The standard InChI is InChI=1S/C16H22FN5O2S.2ClH/c17-15-4-1-2-5-16(15)22-13-14(12-19-22)25(23,24)20-6-3-9-21-10-7-18-8-11-21;;/h1-2,4-5,12-13,18,20H,3,6-11H2;2*1H. The molecule has 1 aromatic carbocycles. The molecule has 0 unspecified atom stereocenters. The van der Waals surface area contributed by atoms with E-state index in [1.54, 1.807) is 18.2 Å². The van der Waals surface area contributed by atoms with Crippen LogP contribution in [0.25, 0.3) is 5.69 Å². The van der Waals surface area contributed by atoms with Crippen LogP contribution < -0.4 is 10.0 Å². The highest BCUT2D eigenvalue weighted by Crippen LogP contribution is 2.15. The van der Waals surface area contributed by atoms with E-state index in [1.165, 1.54) is 23.1 Å². The zero-order chi connectivity index (χ0) is 17.7. The number of sulfonamides is 1. The van der Waals surface area contributed by atoms with Gasteiger partial charge in [-0.15, -0.1) is 24.8 Å². The zero-order valence-corrected chi connectivity index (χ0v) is 17.1. The maximum atomic E-state index is 13.8. The van der Waals surface area contributed by atoms with Crippen LogP contribution in [0.5, 0.6) is 0 Å². The first-order valence-electron chi connectivity index (χ1n) is 8.28. The lowest BCUT2D eigenvalue weighted by atomic mass is 10.3. The molecule has 2 aromatic rings. The van der Waals surface area contributed by atoms with Gasteiger partial charge in [0.1, 0.15) is 16.4 Å². The van der Waals surface area contributed by atoms with Crippen molar-refractivity contribution in [3.63, 3.8) is 0 Å². The SMILES string of the molecule is Cl.Cl.O=S(=O)(NCCCN1CCNCC1)c1cnn(-c2ccccc2F)c1. The van der Waals surface area contributed by atoms with Crippen LogP contribution >= 0.6 is 24.8 Å². The van der Waals surface area contributed by atoms with Crippen LogP contribution in [-0.2, 0) is 10.0 Å². The summed E-state index contributed by atoms with van der Waals surface area (Å²) < 4.78 is 42.2. The highest BCUT2D eigenvalue weighted by molar-refractivity contribution is 7.89. The number of rotatable bonds is 7. The normalized spacial score (nSPS) is 15.0. The van der Waals surface area contributed by atoms with Gasteiger partial charge in [-0.25, -0.2) is 22.2 Å². The molecule has 1 fully saturated rings. The van der Waals surface area contributed by atoms with Crippen molar-refractivity contribution in [2.24, 2.45) is 0 Å². The second kappa shape index (κ2) is 10.9. The van der Waals surface area contributed by atoms with E-state index in [0.717, 1.165) is 39.1 Å². The highest BCUT2D eigenvalue weighted by Gasteiger charge is 2.17. The van der Waals surface area contributed by atoms with Crippen LogP contribution in [0.2, 0.25) is 0 Å². The Balaban J connectivity index is 0.00000182. The van der Waals surface area contributed by atoms with Gasteiger partial charge in [-0.3, -0.25) is 0 Å². The number of nitrogens with one attached hydrogen (secondary N) is 2. The van der Waals surface area contributed by atoms with Gasteiger partial charge in [-0.1, -0.05) is 12.1 Å². The molecule has 1 aliphatic rings. The van der Waals surface area contributed by atoms with Gasteiger partial charge in [-0.2, -0.15) is 5.10 Å². The minimum atomic E-state index is -3.65. The molecule has 0 amide bonds. The van der Waals surface area contributed by atoms with Gasteiger partial charge in [0, 0.05) is 32.7 Å². The highest BCUT2D eigenvalue weighted by atomic mass is 35.5. The Morgan fingerprint density at radius 1 is 1.19 bits per heavy atom. The number of hydrogen-bond acceptors (Lipinski definition) is 5. The van der Waals surface area contributed by atoms with Crippen LogP contribution in [0, 0.1) is 5.82 Å². The molecule has 27 heavy (non-hydrogen) atoms. The fourth-order valence-electron chi connectivity index (χ4n) is 2.74. The van der Waals surface area contributed by atoms with Crippen LogP contribution in [0.4, 0.5) is 4.39 Å². The number of benzene rings is 1. The Bertz CT molecular complexity index is 813. The van der Waals surface area contributed by atoms with Crippen molar-refractivity contribution in [2.75, 3.05) is 39.3 Å². The molecule has 1 aromatic heterocycles. The quantitative estimate of drug-likeness (QED) is 0.637. The van der Waals surface area contributed by atoms with Gasteiger partial charge in [0.2, 0.25) is 10.0 Å². The van der Waals surface area contributed by atoms with Crippen molar-refractivity contribution >= 4 is 34.8 Å². The summed E-state index contributed by atoms with van der Waals surface area (Å²) in [7, 11) is -3.65. The molecule has 11 heteroatoms. The molecule has 0 spiro atoms. The van der Waals surface area contributed by atoms with E-state index in [-0.39, 0.29) is 35.4 Å². The van der Waals surface area contributed by atoms with Gasteiger partial charge in [0.05, 0.1) is 12.4 Å². The first-order valence-corrected chi connectivity index (χ1v) is 9.77. The average Bonchev–Trinajstić information content (AvgIpc) is 3.11. The zero-order valence-electron chi connectivity index (χ0n) is 14.7. The van der Waals surface area contributed by atoms with Gasteiger partial charge >= 0.3 is 0 Å². The van der Waals surface area contributed by atoms with Crippen molar-refractivity contribution < 1.29 is 12.8 Å². The average molecular weight is 440 g/mol. The minimum absolute atomic E-state index is 0. The summed E-state index contributed by atoms with van der Waals surface area (Å²) in [5.74, 6) is -0.460. The fraction of sp³-hybridized carbons (Fsp3) is 0.438. The maximum Gasteiger partial charge on any atom is 0.243 e. The van der Waals surface area contributed by atoms with Crippen molar-refractivity contribution in [1.29, 1.82) is 0 Å². The number of aromatic nitrogens is 2. The Labute approximate surface area is 171 Å². The molecular weight excluding hydrogens is 416 g/mol. The molecular formula is C16H24Cl2FN5O2S. The lowest BCUT2D eigenvalue weighted by Gasteiger charge is -2.26. The molecule has 152 valence electrons. The smallest absolute Gasteiger partial charge is 0.243 e. The van der Waals surface area contributed by atoms with E-state index in [1.807, 2.05) is 0 Å². The van der Waals surface area contributed by atoms with E-state index < -0.39 is 15.8 Å². The molecule has 0 atom stereocenters. The summed E-state index contributed by atoms with van der Waals surface area (Å²) in [6, 6.07) is 6.09. The Morgan fingerprint density at radius 2 is 1.89 bits per heavy atom. The third-order valence-electron chi connectivity index (χ3n) is 4.12. The van der Waals surface area contributed by atoms with Gasteiger partial charge in [0.25, 0.3) is 0 Å². The molecule has 7 nitrogen and oxygen atoms in total. The van der Waals surface area contributed by atoms with Crippen molar-refractivity contribution in [3.05, 3.63) is 42.5 Å². The predicted molar refractivity (Wildman–Crippen MR) is 107 cm³/mol. The van der Waals surface area contributed by atoms with E-state index in [4.69, 9.17) is 0 Å². The lowest BCUT2D eigenvalue weighted by molar-refractivity contribution is 0.239. The van der Waals surface area contributed by atoms with E-state index >= 15 is 0 Å². The number of halogens is 3. The summed E-state index contributed by atoms with van der Waals surface area (Å²) in [5, 5.41) is 7.24. The predicted octanol–water partition coefficient (Wildman–Crippen LogP) is 1.43. The summed E-state index contributed by atoms with van der Waals surface area (Å²) in [4.78, 5) is 2.33. The van der Waals surface area contributed by atoms with Crippen molar-refractivity contribution in [3.8, 4) is 5.69 Å². The summed E-state index contributed by atoms with van der Waals surface area (Å²) in [5.41, 5.74) is 0.211. The first-order chi connectivity index (χ1) is 12.1. The van der Waals surface area contributed by atoms with Crippen molar-refractivity contribution in [2.45, 2.75) is 11.3 Å². The largest absolute Gasteiger partial charge is 0.314 e. The molecule has 2 N–H and O–H groups in total. The monoisotopic (exact) mass is 439 g/mol. The molecule has 2 heterocycles. The summed E-state index contributed by atoms with van der Waals surface area (Å²) in [6.45, 7) is 5.14. The maximum absolute atomic E-state index is 13.8. The number of nitrogens with zero attached hydrogens (tertiary/aromatic N) is 3. The molecule has 0 bridgehead atoms. The molecule has 0 aliphatic carbocycles. The lowest BCUT2D eigenvalue weighted by Crippen LogP contribution is -2.44. The van der Waals surface area contributed by atoms with Gasteiger partial charge in [0.15, 0.2) is 0 Å². The van der Waals surface area contributed by atoms with E-state index in [9.17, 15) is 12.8 Å². The molecule has 0 radical (unpaired) electrons. The first kappa shape index (κ1) is 23.8. The van der Waals surface area contributed by atoms with Crippen molar-refractivity contribution in [1.82, 2.24) is 24.7 Å². The van der Waals surface area contributed by atoms with E-state index in [0.29, 0.717) is 6.54 Å². The third kappa shape index (κ3) is 6.41. The second-order valence-electron chi connectivity index (χ2n) is 5.91. The number of hydrogen-bond donors (Lipinski definition) is 2. The number of para-hydroxylation sites is 1. The topological polar surface area (TPSA) is 79.3 Å². The van der Waals surface area contributed by atoms with Crippen LogP contribution in [0.15, 0.2) is 41.6 Å². The summed E-state index contributed by atoms with van der Waals surface area (Å²) >= 11 is 0. The fourth-order valence-corrected chi connectivity index (χ4v) is 3.75. The van der Waals surface area contributed by atoms with Gasteiger partial charge in [-0.05, 0) is 25.1 Å². The van der Waals surface area contributed by atoms with Crippen LogP contribution in [-0.4, -0.2) is 62.4 Å².